The SMILES string of the molecule is O=C(O)C(=S)Cc1ccccc1Br. The molecule has 4 heteroatoms. The number of benzene rings is 1. The van der Waals surface area contributed by atoms with Crippen LogP contribution in [0.4, 0.5) is 0 Å². The molecule has 0 aliphatic rings. The molecular weight excluding hydrogens is 252 g/mol. The molecule has 1 aromatic carbocycles. The zero-order valence-electron chi connectivity index (χ0n) is 6.66. The van der Waals surface area contributed by atoms with Gasteiger partial charge in [0.25, 0.3) is 0 Å². The van der Waals surface area contributed by atoms with Crippen LogP contribution in [0.25, 0.3) is 0 Å². The van der Waals surface area contributed by atoms with Crippen molar-refractivity contribution in [1.82, 2.24) is 0 Å². The van der Waals surface area contributed by atoms with Gasteiger partial charge in [0.1, 0.15) is 4.86 Å². The first-order chi connectivity index (χ1) is 6.11. The fourth-order valence-corrected chi connectivity index (χ4v) is 1.47. The maximum Gasteiger partial charge on any atom is 0.342 e. The molecule has 0 heterocycles. The van der Waals surface area contributed by atoms with Gasteiger partial charge in [-0.3, -0.25) is 0 Å². The monoisotopic (exact) mass is 258 g/mol. The van der Waals surface area contributed by atoms with Gasteiger partial charge in [0.15, 0.2) is 0 Å². The first kappa shape index (κ1) is 10.3. The lowest BCUT2D eigenvalue weighted by molar-refractivity contribution is -0.129. The van der Waals surface area contributed by atoms with E-state index < -0.39 is 5.97 Å². The van der Waals surface area contributed by atoms with Crippen molar-refractivity contribution < 1.29 is 9.90 Å². The van der Waals surface area contributed by atoms with Crippen molar-refractivity contribution in [3.05, 3.63) is 34.3 Å². The molecule has 13 heavy (non-hydrogen) atoms. The molecule has 1 rings (SSSR count). The smallest absolute Gasteiger partial charge is 0.342 e. The minimum atomic E-state index is -1.02. The van der Waals surface area contributed by atoms with Gasteiger partial charge < -0.3 is 5.11 Å². The van der Waals surface area contributed by atoms with Crippen LogP contribution in [0.5, 0.6) is 0 Å². The molecular formula is C9H7BrO2S. The van der Waals surface area contributed by atoms with Crippen molar-refractivity contribution in [1.29, 1.82) is 0 Å². The van der Waals surface area contributed by atoms with Crippen LogP contribution in [0.1, 0.15) is 5.56 Å². The lowest BCUT2D eigenvalue weighted by Crippen LogP contribution is -2.12. The molecule has 0 aliphatic carbocycles. The molecule has 0 saturated heterocycles. The van der Waals surface area contributed by atoms with E-state index >= 15 is 0 Å². The van der Waals surface area contributed by atoms with E-state index in [2.05, 4.69) is 15.9 Å². The van der Waals surface area contributed by atoms with Gasteiger partial charge in [-0.1, -0.05) is 46.3 Å². The Hall–Kier alpha value is -0.740. The Morgan fingerprint density at radius 3 is 2.62 bits per heavy atom. The predicted molar refractivity (Wildman–Crippen MR) is 58.1 cm³/mol. The third-order valence-corrected chi connectivity index (χ3v) is 2.64. The van der Waals surface area contributed by atoms with Crippen molar-refractivity contribution in [2.24, 2.45) is 0 Å². The molecule has 0 spiro atoms. The fraction of sp³-hybridized carbons (Fsp3) is 0.111. The summed E-state index contributed by atoms with van der Waals surface area (Å²) in [5.41, 5.74) is 0.898. The largest absolute Gasteiger partial charge is 0.477 e. The number of aliphatic carboxylic acids is 1. The highest BCUT2D eigenvalue weighted by molar-refractivity contribution is 9.10. The maximum atomic E-state index is 10.5. The van der Waals surface area contributed by atoms with E-state index in [0.717, 1.165) is 10.0 Å². The number of rotatable bonds is 3. The Morgan fingerprint density at radius 1 is 1.46 bits per heavy atom. The predicted octanol–water partition coefficient (Wildman–Crippen LogP) is 2.45. The van der Waals surface area contributed by atoms with Crippen molar-refractivity contribution in [2.75, 3.05) is 0 Å². The normalized spacial score (nSPS) is 9.62. The second kappa shape index (κ2) is 4.48. The summed E-state index contributed by atoms with van der Waals surface area (Å²) in [6.07, 6.45) is 0.298. The molecule has 2 nitrogen and oxygen atoms in total. The minimum absolute atomic E-state index is 0.0342. The Balaban J connectivity index is 2.81. The first-order valence-electron chi connectivity index (χ1n) is 3.61. The van der Waals surface area contributed by atoms with Gasteiger partial charge in [-0.2, -0.15) is 0 Å². The van der Waals surface area contributed by atoms with Crippen LogP contribution in [-0.2, 0) is 11.2 Å². The summed E-state index contributed by atoms with van der Waals surface area (Å²) in [6.45, 7) is 0. The highest BCUT2D eigenvalue weighted by atomic mass is 79.9. The van der Waals surface area contributed by atoms with E-state index in [1.165, 1.54) is 0 Å². The standard InChI is InChI=1S/C9H7BrO2S/c10-7-4-2-1-3-6(7)5-8(13)9(11)12/h1-4H,5H2,(H,11,12). The molecule has 0 bridgehead atoms. The summed E-state index contributed by atoms with van der Waals surface area (Å²) in [5.74, 6) is -1.02. The van der Waals surface area contributed by atoms with Crippen LogP contribution in [0.15, 0.2) is 28.7 Å². The zero-order valence-corrected chi connectivity index (χ0v) is 9.06. The van der Waals surface area contributed by atoms with Gasteiger partial charge in [-0.05, 0) is 11.6 Å². The molecule has 0 aliphatic heterocycles. The number of hydrogen-bond donors (Lipinski definition) is 1. The van der Waals surface area contributed by atoms with Crippen LogP contribution in [0, 0.1) is 0 Å². The second-order valence-electron chi connectivity index (χ2n) is 2.50. The minimum Gasteiger partial charge on any atom is -0.477 e. The van der Waals surface area contributed by atoms with Crippen molar-refractivity contribution in [2.45, 2.75) is 6.42 Å². The molecule has 68 valence electrons. The molecule has 0 atom stereocenters. The third kappa shape index (κ3) is 2.90. The topological polar surface area (TPSA) is 37.3 Å². The van der Waals surface area contributed by atoms with E-state index in [0.29, 0.717) is 6.42 Å². The number of carbonyl (C=O) groups is 1. The van der Waals surface area contributed by atoms with Crippen molar-refractivity contribution in [3.63, 3.8) is 0 Å². The summed E-state index contributed by atoms with van der Waals surface area (Å²) >= 11 is 8.02. The van der Waals surface area contributed by atoms with E-state index in [1.807, 2.05) is 24.3 Å². The van der Waals surface area contributed by atoms with E-state index in [1.54, 1.807) is 0 Å². The Bertz CT molecular complexity index is 349. The number of halogens is 1. The molecule has 0 amide bonds. The number of hydrogen-bond acceptors (Lipinski definition) is 2. The van der Waals surface area contributed by atoms with Gasteiger partial charge in [-0.25, -0.2) is 4.79 Å². The Labute approximate surface area is 89.7 Å². The van der Waals surface area contributed by atoms with Crippen molar-refractivity contribution >= 4 is 39.0 Å². The van der Waals surface area contributed by atoms with Crippen LogP contribution in [-0.4, -0.2) is 15.9 Å². The number of thiocarbonyl (C=S) groups is 1. The highest BCUT2D eigenvalue weighted by Crippen LogP contribution is 2.16. The number of carboxylic acid groups (broad SMARTS) is 1. The van der Waals surface area contributed by atoms with Gasteiger partial charge in [0.05, 0.1) is 0 Å². The molecule has 0 fully saturated rings. The lowest BCUT2D eigenvalue weighted by Gasteiger charge is -2.01. The third-order valence-electron chi connectivity index (χ3n) is 1.55. The molecule has 0 unspecified atom stereocenters. The van der Waals surface area contributed by atoms with Crippen LogP contribution < -0.4 is 0 Å². The quantitative estimate of drug-likeness (QED) is 0.847. The van der Waals surface area contributed by atoms with E-state index in [9.17, 15) is 4.79 Å². The average Bonchev–Trinajstić information content (AvgIpc) is 2.08. The van der Waals surface area contributed by atoms with Gasteiger partial charge in [-0.15, -0.1) is 0 Å². The molecule has 1 N–H and O–H groups in total. The fourth-order valence-electron chi connectivity index (χ4n) is 0.890. The first-order valence-corrected chi connectivity index (χ1v) is 4.81. The summed E-state index contributed by atoms with van der Waals surface area (Å²) in [6, 6.07) is 7.43. The van der Waals surface area contributed by atoms with Crippen LogP contribution >= 0.6 is 28.1 Å². The maximum absolute atomic E-state index is 10.5. The Morgan fingerprint density at radius 2 is 2.08 bits per heavy atom. The number of carboxylic acids is 1. The lowest BCUT2D eigenvalue weighted by atomic mass is 10.1. The Kier molecular flexibility index (Phi) is 3.57. The van der Waals surface area contributed by atoms with Gasteiger partial charge in [0, 0.05) is 10.9 Å². The van der Waals surface area contributed by atoms with Crippen LogP contribution in [0.3, 0.4) is 0 Å². The van der Waals surface area contributed by atoms with E-state index in [-0.39, 0.29) is 4.86 Å². The molecule has 0 radical (unpaired) electrons. The second-order valence-corrected chi connectivity index (χ2v) is 3.84. The van der Waals surface area contributed by atoms with E-state index in [4.69, 9.17) is 17.3 Å². The highest BCUT2D eigenvalue weighted by Gasteiger charge is 2.08. The molecule has 0 saturated carbocycles. The van der Waals surface area contributed by atoms with Crippen molar-refractivity contribution in [3.8, 4) is 0 Å². The average molecular weight is 259 g/mol. The summed E-state index contributed by atoms with van der Waals surface area (Å²) < 4.78 is 0.888. The summed E-state index contributed by atoms with van der Waals surface area (Å²) in [7, 11) is 0. The van der Waals surface area contributed by atoms with Gasteiger partial charge >= 0.3 is 5.97 Å². The molecule has 0 aromatic heterocycles. The summed E-state index contributed by atoms with van der Waals surface area (Å²) in [4.78, 5) is 10.5. The summed E-state index contributed by atoms with van der Waals surface area (Å²) in [5, 5.41) is 8.58. The molecule has 1 aromatic rings. The van der Waals surface area contributed by atoms with Gasteiger partial charge in [0.2, 0.25) is 0 Å². The van der Waals surface area contributed by atoms with Crippen LogP contribution in [0.2, 0.25) is 0 Å². The zero-order chi connectivity index (χ0) is 9.84.